The number of benzene rings is 1. The third-order valence-electron chi connectivity index (χ3n) is 1.90. The molecule has 1 aromatic heterocycles. The van der Waals surface area contributed by atoms with Crippen molar-refractivity contribution in [1.29, 1.82) is 0 Å². The summed E-state index contributed by atoms with van der Waals surface area (Å²) in [6, 6.07) is 5.39. The Hall–Kier alpha value is -1.28. The molecule has 0 fully saturated rings. The third kappa shape index (κ3) is 1.45. The summed E-state index contributed by atoms with van der Waals surface area (Å²) in [6.07, 6.45) is 2.77. The molecule has 0 aliphatic carbocycles. The van der Waals surface area contributed by atoms with Crippen LogP contribution >= 0.6 is 11.6 Å². The molecule has 0 radical (unpaired) electrons. The number of aldehydes is 1. The predicted molar refractivity (Wildman–Crippen MR) is 51.0 cm³/mol. The molecule has 0 atom stereocenters. The van der Waals surface area contributed by atoms with Crippen LogP contribution in [-0.2, 0) is 11.2 Å². The van der Waals surface area contributed by atoms with Crippen molar-refractivity contribution in [2.45, 2.75) is 6.42 Å². The first kappa shape index (κ1) is 8.32. The van der Waals surface area contributed by atoms with Crippen LogP contribution in [-0.4, -0.2) is 6.29 Å². The normalized spacial score (nSPS) is 10.5. The minimum absolute atomic E-state index is 0.338. The van der Waals surface area contributed by atoms with Crippen LogP contribution in [0.25, 0.3) is 11.0 Å². The number of carbonyl (C=O) groups excluding carboxylic acids is 1. The maximum absolute atomic E-state index is 10.4. The quantitative estimate of drug-likeness (QED) is 0.689. The fourth-order valence-corrected chi connectivity index (χ4v) is 1.61. The average Bonchev–Trinajstić information content (AvgIpc) is 2.52. The number of furan rings is 1. The van der Waals surface area contributed by atoms with Gasteiger partial charge in [0.1, 0.15) is 11.9 Å². The van der Waals surface area contributed by atoms with Gasteiger partial charge in [-0.3, -0.25) is 0 Å². The van der Waals surface area contributed by atoms with Gasteiger partial charge in [-0.05, 0) is 18.2 Å². The molecule has 0 bridgehead atoms. The summed E-state index contributed by atoms with van der Waals surface area (Å²) in [7, 11) is 0. The number of rotatable bonds is 2. The van der Waals surface area contributed by atoms with E-state index in [-0.39, 0.29) is 0 Å². The molecule has 0 saturated carbocycles. The van der Waals surface area contributed by atoms with E-state index in [1.165, 1.54) is 0 Å². The predicted octanol–water partition coefficient (Wildman–Crippen LogP) is 2.83. The number of hydrogen-bond donors (Lipinski definition) is 0. The van der Waals surface area contributed by atoms with Crippen molar-refractivity contribution in [3.8, 4) is 0 Å². The monoisotopic (exact) mass is 194 g/mol. The smallest absolute Gasteiger partial charge is 0.137 e. The van der Waals surface area contributed by atoms with Crippen LogP contribution in [0.2, 0.25) is 5.02 Å². The zero-order valence-electron chi connectivity index (χ0n) is 6.79. The van der Waals surface area contributed by atoms with Gasteiger partial charge in [0.15, 0.2) is 0 Å². The summed E-state index contributed by atoms with van der Waals surface area (Å²) >= 11 is 5.86. The van der Waals surface area contributed by atoms with Gasteiger partial charge in [-0.1, -0.05) is 11.6 Å². The van der Waals surface area contributed by atoms with E-state index in [4.69, 9.17) is 16.0 Å². The standard InChI is InChI=1S/C10H7ClO2/c11-9-5-7(1-3-12)10-8(6-9)2-4-13-10/h2-6H,1H2. The van der Waals surface area contributed by atoms with E-state index in [2.05, 4.69) is 0 Å². The molecule has 66 valence electrons. The Morgan fingerprint density at radius 3 is 3.08 bits per heavy atom. The van der Waals surface area contributed by atoms with Crippen LogP contribution in [0.1, 0.15) is 5.56 Å². The number of carbonyl (C=O) groups is 1. The van der Waals surface area contributed by atoms with Crippen LogP contribution < -0.4 is 0 Å². The second-order valence-electron chi connectivity index (χ2n) is 2.77. The van der Waals surface area contributed by atoms with Gasteiger partial charge in [-0.25, -0.2) is 0 Å². The molecule has 0 spiro atoms. The van der Waals surface area contributed by atoms with Gasteiger partial charge in [-0.15, -0.1) is 0 Å². The first-order valence-electron chi connectivity index (χ1n) is 3.90. The first-order chi connectivity index (χ1) is 6.31. The van der Waals surface area contributed by atoms with Crippen molar-refractivity contribution in [3.63, 3.8) is 0 Å². The average molecular weight is 195 g/mol. The lowest BCUT2D eigenvalue weighted by molar-refractivity contribution is -0.107. The van der Waals surface area contributed by atoms with Crippen molar-refractivity contribution >= 4 is 28.9 Å². The number of fused-ring (bicyclic) bond motifs is 1. The zero-order chi connectivity index (χ0) is 9.26. The van der Waals surface area contributed by atoms with E-state index < -0.39 is 0 Å². The van der Waals surface area contributed by atoms with Gasteiger partial charge in [-0.2, -0.15) is 0 Å². The molecule has 1 heterocycles. The molecule has 3 heteroatoms. The van der Waals surface area contributed by atoms with Crippen molar-refractivity contribution < 1.29 is 9.21 Å². The lowest BCUT2D eigenvalue weighted by Crippen LogP contribution is -1.86. The molecular weight excluding hydrogens is 188 g/mol. The van der Waals surface area contributed by atoms with Gasteiger partial charge in [0, 0.05) is 22.4 Å². The Kier molecular flexibility index (Phi) is 2.07. The van der Waals surface area contributed by atoms with Gasteiger partial charge in [0.25, 0.3) is 0 Å². The topological polar surface area (TPSA) is 30.2 Å². The first-order valence-corrected chi connectivity index (χ1v) is 4.28. The summed E-state index contributed by atoms with van der Waals surface area (Å²) in [4.78, 5) is 10.4. The van der Waals surface area contributed by atoms with Crippen molar-refractivity contribution in [1.82, 2.24) is 0 Å². The Labute approximate surface area is 80.1 Å². The van der Waals surface area contributed by atoms with Crippen LogP contribution in [0, 0.1) is 0 Å². The summed E-state index contributed by atoms with van der Waals surface area (Å²) in [6.45, 7) is 0. The molecular formula is C10H7ClO2. The minimum Gasteiger partial charge on any atom is -0.464 e. The maximum atomic E-state index is 10.4. The molecule has 2 aromatic rings. The minimum atomic E-state index is 0.338. The van der Waals surface area contributed by atoms with Crippen molar-refractivity contribution in [2.24, 2.45) is 0 Å². The Morgan fingerprint density at radius 2 is 2.31 bits per heavy atom. The van der Waals surface area contributed by atoms with Gasteiger partial charge >= 0.3 is 0 Å². The summed E-state index contributed by atoms with van der Waals surface area (Å²) < 4.78 is 5.24. The van der Waals surface area contributed by atoms with E-state index in [0.29, 0.717) is 11.4 Å². The lowest BCUT2D eigenvalue weighted by Gasteiger charge is -1.97. The van der Waals surface area contributed by atoms with E-state index in [0.717, 1.165) is 22.8 Å². The largest absolute Gasteiger partial charge is 0.464 e. The van der Waals surface area contributed by atoms with Crippen LogP contribution in [0.15, 0.2) is 28.9 Å². The molecule has 0 unspecified atom stereocenters. The highest BCUT2D eigenvalue weighted by atomic mass is 35.5. The summed E-state index contributed by atoms with van der Waals surface area (Å²) in [5, 5.41) is 1.56. The maximum Gasteiger partial charge on any atom is 0.137 e. The molecule has 2 nitrogen and oxygen atoms in total. The summed E-state index contributed by atoms with van der Waals surface area (Å²) in [5.74, 6) is 0. The molecule has 0 saturated heterocycles. The Balaban J connectivity index is 2.69. The van der Waals surface area contributed by atoms with Gasteiger partial charge in [0.05, 0.1) is 6.26 Å². The zero-order valence-corrected chi connectivity index (χ0v) is 7.54. The second-order valence-corrected chi connectivity index (χ2v) is 3.21. The molecule has 0 N–H and O–H groups in total. The lowest BCUT2D eigenvalue weighted by atomic mass is 10.1. The van der Waals surface area contributed by atoms with Crippen LogP contribution in [0.5, 0.6) is 0 Å². The Morgan fingerprint density at radius 1 is 1.46 bits per heavy atom. The number of hydrogen-bond acceptors (Lipinski definition) is 2. The molecule has 0 aliphatic rings. The van der Waals surface area contributed by atoms with Crippen LogP contribution in [0.3, 0.4) is 0 Å². The molecule has 2 rings (SSSR count). The van der Waals surface area contributed by atoms with Gasteiger partial charge in [0.2, 0.25) is 0 Å². The number of halogens is 1. The SMILES string of the molecule is O=CCc1cc(Cl)cc2ccoc12. The molecule has 0 aliphatic heterocycles. The fraction of sp³-hybridized carbons (Fsp3) is 0.100. The fourth-order valence-electron chi connectivity index (χ4n) is 1.36. The Bertz CT molecular complexity index is 445. The van der Waals surface area contributed by atoms with Crippen LogP contribution in [0.4, 0.5) is 0 Å². The summed E-state index contributed by atoms with van der Waals surface area (Å²) in [5.41, 5.74) is 1.58. The highest BCUT2D eigenvalue weighted by Crippen LogP contribution is 2.24. The van der Waals surface area contributed by atoms with E-state index in [9.17, 15) is 4.79 Å². The second kappa shape index (κ2) is 3.23. The third-order valence-corrected chi connectivity index (χ3v) is 2.11. The van der Waals surface area contributed by atoms with E-state index in [1.54, 1.807) is 12.3 Å². The van der Waals surface area contributed by atoms with Crippen molar-refractivity contribution in [2.75, 3.05) is 0 Å². The molecule has 13 heavy (non-hydrogen) atoms. The van der Waals surface area contributed by atoms with E-state index >= 15 is 0 Å². The van der Waals surface area contributed by atoms with E-state index in [1.807, 2.05) is 12.1 Å². The van der Waals surface area contributed by atoms with Gasteiger partial charge < -0.3 is 9.21 Å². The molecule has 0 amide bonds. The highest BCUT2D eigenvalue weighted by molar-refractivity contribution is 6.31. The molecule has 1 aromatic carbocycles. The van der Waals surface area contributed by atoms with Crippen molar-refractivity contribution in [3.05, 3.63) is 35.0 Å². The highest BCUT2D eigenvalue weighted by Gasteiger charge is 2.05.